The Balaban J connectivity index is 0.000000226. The second-order valence-corrected chi connectivity index (χ2v) is 17.9. The van der Waals surface area contributed by atoms with Gasteiger partial charge in [-0.1, -0.05) is 12.1 Å². The summed E-state index contributed by atoms with van der Waals surface area (Å²) in [5.74, 6) is 6.18. The van der Waals surface area contributed by atoms with Crippen molar-refractivity contribution in [1.29, 1.82) is 0 Å². The summed E-state index contributed by atoms with van der Waals surface area (Å²) < 4.78 is 79.6. The summed E-state index contributed by atoms with van der Waals surface area (Å²) in [6, 6.07) is 13.9. The normalized spacial score (nSPS) is 20.5. The number of nitrogens with zero attached hydrogens (tertiary/aromatic N) is 3. The molecule has 2 atom stereocenters. The van der Waals surface area contributed by atoms with Gasteiger partial charge in [0.1, 0.15) is 0 Å². The van der Waals surface area contributed by atoms with Crippen LogP contribution in [0, 0.1) is 0 Å². The Morgan fingerprint density at radius 2 is 1.07 bits per heavy atom. The Morgan fingerprint density at radius 3 is 1.46 bits per heavy atom. The lowest BCUT2D eigenvalue weighted by Gasteiger charge is -2.23. The van der Waals surface area contributed by atoms with Gasteiger partial charge < -0.3 is 26.2 Å². The zero-order valence-electron chi connectivity index (χ0n) is 36.2. The highest BCUT2D eigenvalue weighted by Gasteiger charge is 2.37. The Hall–Kier alpha value is -5.76. The number of hydrogen-bond donors (Lipinski definition) is 7. The van der Waals surface area contributed by atoms with E-state index >= 15 is 0 Å². The van der Waals surface area contributed by atoms with E-state index in [2.05, 4.69) is 33.0 Å². The lowest BCUT2D eigenvalue weighted by molar-refractivity contribution is -0.138. The summed E-state index contributed by atoms with van der Waals surface area (Å²) in [7, 11) is 0. The number of nitrogens with one attached hydrogen (secondary N) is 4. The molecule has 0 unspecified atom stereocenters. The number of nitrogens with two attached hydrogens (primary N) is 3. The zero-order chi connectivity index (χ0) is 49.3. The highest BCUT2D eigenvalue weighted by Crippen LogP contribution is 2.38. The predicted octanol–water partition coefficient (Wildman–Crippen LogP) is 5.25. The fourth-order valence-electron chi connectivity index (χ4n) is 8.08. The minimum absolute atomic E-state index is 0.0394. The quantitative estimate of drug-likeness (QED) is 0.0289. The maximum Gasteiger partial charge on any atom is 0.416 e. The average molecular weight is 991 g/mol. The number of halogens is 6. The van der Waals surface area contributed by atoms with E-state index in [0.717, 1.165) is 50.1 Å². The van der Waals surface area contributed by atoms with Crippen LogP contribution in [0.2, 0.25) is 0 Å². The molecule has 0 spiro atoms. The van der Waals surface area contributed by atoms with Gasteiger partial charge in [-0.15, -0.1) is 0 Å². The third kappa shape index (κ3) is 12.7. The molecule has 4 saturated heterocycles. The van der Waals surface area contributed by atoms with Gasteiger partial charge in [0.15, 0.2) is 0 Å². The number of fused-ring (bicyclic) bond motifs is 1. The van der Waals surface area contributed by atoms with Crippen molar-refractivity contribution in [3.05, 3.63) is 104 Å². The summed E-state index contributed by atoms with van der Waals surface area (Å²) >= 11 is 1.34. The van der Waals surface area contributed by atoms with Gasteiger partial charge in [0.25, 0.3) is 34.1 Å². The summed E-state index contributed by atoms with van der Waals surface area (Å²) in [5.41, 5.74) is 6.30. The van der Waals surface area contributed by atoms with Gasteiger partial charge in [0.05, 0.1) is 32.1 Å². The van der Waals surface area contributed by atoms with Crippen LogP contribution in [-0.4, -0.2) is 103 Å². The van der Waals surface area contributed by atoms with Gasteiger partial charge in [-0.3, -0.25) is 56.0 Å². The number of alkyl halides is 6. The number of anilines is 2. The first-order chi connectivity index (χ1) is 32.4. The molecule has 16 nitrogen and oxygen atoms in total. The molecule has 8 rings (SSSR count). The molecule has 68 heavy (non-hydrogen) atoms. The Morgan fingerprint density at radius 1 is 0.647 bits per heavy atom. The lowest BCUT2D eigenvalue weighted by atomic mass is 10.1. The summed E-state index contributed by atoms with van der Waals surface area (Å²) in [6.07, 6.45) is -3.38. The van der Waals surface area contributed by atoms with Gasteiger partial charge in [-0.25, -0.2) is 0 Å². The minimum atomic E-state index is -4.55. The number of hydrazine groups is 1. The second kappa shape index (κ2) is 22.6. The average Bonchev–Trinajstić information content (AvgIpc) is 4.14. The zero-order valence-corrected chi connectivity index (χ0v) is 37.8. The van der Waals surface area contributed by atoms with E-state index in [1.54, 1.807) is 24.3 Å². The van der Waals surface area contributed by atoms with Crippen molar-refractivity contribution in [2.24, 2.45) is 17.4 Å². The van der Waals surface area contributed by atoms with Crippen molar-refractivity contribution >= 4 is 81.2 Å². The molecule has 0 radical (unpaired) electrons. The first kappa shape index (κ1) is 51.6. The highest BCUT2D eigenvalue weighted by atomic mass is 32.2. The number of imide groups is 3. The van der Waals surface area contributed by atoms with E-state index in [0.29, 0.717) is 91.7 Å². The van der Waals surface area contributed by atoms with Gasteiger partial charge in [0.2, 0.25) is 0 Å². The first-order valence-electron chi connectivity index (χ1n) is 21.3. The SMILES string of the molecule is NCCCN[C@H]1CCN(c2ccc(C(F)(F)F)cc2/C=C2\SC(=O)NC2=O)C1.NN.O=C1NC(=O)/C(=C/c2cc(C(F)(F)F)ccc2N2CC[C@H](NCCCN3C(=O)c4ccccc4C3=O)C2)S1. The van der Waals surface area contributed by atoms with Crippen molar-refractivity contribution < 1.29 is 55.1 Å². The van der Waals surface area contributed by atoms with Crippen LogP contribution in [-0.2, 0) is 21.9 Å². The number of amides is 6. The van der Waals surface area contributed by atoms with Crippen molar-refractivity contribution in [2.75, 3.05) is 62.2 Å². The largest absolute Gasteiger partial charge is 0.416 e. The maximum atomic E-state index is 13.4. The molecule has 0 bridgehead atoms. The molecule has 3 aromatic carbocycles. The Kier molecular flexibility index (Phi) is 17.1. The van der Waals surface area contributed by atoms with E-state index in [1.807, 2.05) is 9.80 Å². The summed E-state index contributed by atoms with van der Waals surface area (Å²) in [6.45, 7) is 4.64. The van der Waals surface area contributed by atoms with Gasteiger partial charge >= 0.3 is 12.4 Å². The topological polar surface area (TPSA) is 238 Å². The fraction of sp³-hybridized carbons (Fsp3) is 0.364. The number of hydrogen-bond acceptors (Lipinski definition) is 15. The van der Waals surface area contributed by atoms with E-state index in [-0.39, 0.29) is 51.4 Å². The fourth-order valence-corrected chi connectivity index (χ4v) is 9.42. The van der Waals surface area contributed by atoms with Crippen LogP contribution in [0.4, 0.5) is 47.3 Å². The summed E-state index contributed by atoms with van der Waals surface area (Å²) in [4.78, 5) is 77.0. The van der Waals surface area contributed by atoms with Gasteiger partial charge in [0, 0.05) is 56.2 Å². The molecule has 5 heterocycles. The molecule has 24 heteroatoms. The number of thioether (sulfide) groups is 2. The van der Waals surface area contributed by atoms with Crippen LogP contribution in [0.15, 0.2) is 70.5 Å². The Bertz CT molecular complexity index is 2450. The van der Waals surface area contributed by atoms with Crippen LogP contribution >= 0.6 is 23.5 Å². The van der Waals surface area contributed by atoms with Crippen molar-refractivity contribution in [3.8, 4) is 0 Å². The standard InChI is InChI=1S/C26H23F3N4O4S.C18H21F3N4O2S.H4N2/c27-26(28,29)16-6-7-20(15(12-16)13-21-22(34)31-25(37)38-21)32-11-8-17(14-32)30-9-3-10-33-23(35)18-4-1-2-5-19(18)24(33)36;19-18(20,21)12-2-3-14(25-7-4-13(10-25)23-6-1-5-22)11(8-12)9-15-16(26)24-17(27)28-15;1-2/h1-2,4-7,12-13,17,30H,3,8-11,14H2,(H,31,34,37);2-3,8-9,13,23H,1,4-7,10,22H2,(H,24,26,27);1-2H2/b21-13-;15-9-;/t17-;13-;/m00./s1. The molecule has 0 aromatic heterocycles. The third-order valence-electron chi connectivity index (χ3n) is 11.3. The molecule has 0 aliphatic carbocycles. The van der Waals surface area contributed by atoms with Crippen LogP contribution in [0.1, 0.15) is 68.7 Å². The van der Waals surface area contributed by atoms with Gasteiger partial charge in [-0.2, -0.15) is 26.3 Å². The maximum absolute atomic E-state index is 13.4. The highest BCUT2D eigenvalue weighted by molar-refractivity contribution is 8.18. The molecule has 10 N–H and O–H groups in total. The van der Waals surface area contributed by atoms with Crippen LogP contribution in [0.25, 0.3) is 12.2 Å². The monoisotopic (exact) mass is 990 g/mol. The molecular weight excluding hydrogens is 943 g/mol. The minimum Gasteiger partial charge on any atom is -0.369 e. The molecule has 364 valence electrons. The second-order valence-electron chi connectivity index (χ2n) is 15.8. The van der Waals surface area contributed by atoms with E-state index < -0.39 is 45.8 Å². The lowest BCUT2D eigenvalue weighted by Crippen LogP contribution is -2.36. The van der Waals surface area contributed by atoms with Gasteiger partial charge in [-0.05, 0) is 141 Å². The van der Waals surface area contributed by atoms with Crippen LogP contribution in [0.5, 0.6) is 0 Å². The molecule has 0 saturated carbocycles. The number of carbonyl (C=O) groups excluding carboxylic acids is 6. The molecule has 6 amide bonds. The van der Waals surface area contributed by atoms with Crippen LogP contribution in [0.3, 0.4) is 0 Å². The third-order valence-corrected chi connectivity index (χ3v) is 12.9. The van der Waals surface area contributed by atoms with Crippen molar-refractivity contribution in [3.63, 3.8) is 0 Å². The summed E-state index contributed by atoms with van der Waals surface area (Å²) in [5, 5.41) is 9.92. The molecule has 5 aliphatic rings. The predicted molar refractivity (Wildman–Crippen MR) is 247 cm³/mol. The van der Waals surface area contributed by atoms with Crippen LogP contribution < -0.4 is 48.5 Å². The number of benzene rings is 3. The van der Waals surface area contributed by atoms with Crippen molar-refractivity contribution in [1.82, 2.24) is 26.2 Å². The molecule has 3 aromatic rings. The molecule has 4 fully saturated rings. The smallest absolute Gasteiger partial charge is 0.369 e. The van der Waals surface area contributed by atoms with E-state index in [9.17, 15) is 55.1 Å². The van der Waals surface area contributed by atoms with E-state index in [4.69, 9.17) is 5.73 Å². The first-order valence-corrected chi connectivity index (χ1v) is 22.9. The van der Waals surface area contributed by atoms with Crippen molar-refractivity contribution in [2.45, 2.75) is 50.1 Å². The molecule has 5 aliphatic heterocycles. The Labute approximate surface area is 394 Å². The number of rotatable bonds is 13. The van der Waals surface area contributed by atoms with E-state index in [1.165, 1.54) is 29.2 Å². The molecular formula is C44H48F6N10O6S2. The number of carbonyl (C=O) groups is 6.